The average molecular weight is 326 g/mol. The molecule has 1 heterocycles. The van der Waals surface area contributed by atoms with E-state index in [0.29, 0.717) is 17.7 Å². The summed E-state index contributed by atoms with van der Waals surface area (Å²) in [5.74, 6) is 0.636. The summed E-state index contributed by atoms with van der Waals surface area (Å²) in [5.41, 5.74) is 3.72. The smallest absolute Gasteiger partial charge is 0.161 e. The standard InChI is InChI=1S/C20H22O4/c1-12(2)3-4-14-9-15(10-17(22)20(14)23)18-8-6-13-5-7-16(21)11-19(13)24-18/h3,5,7,9-11,18,21-23H,4,6,8H2,1-2H3/t18-/m0/s1. The van der Waals surface area contributed by atoms with Crippen LogP contribution in [0.15, 0.2) is 42.0 Å². The van der Waals surface area contributed by atoms with Gasteiger partial charge in [-0.3, -0.25) is 0 Å². The van der Waals surface area contributed by atoms with Gasteiger partial charge in [0.2, 0.25) is 0 Å². The number of fused-ring (bicyclic) bond motifs is 1. The molecule has 0 spiro atoms. The lowest BCUT2D eigenvalue weighted by Gasteiger charge is -2.27. The molecule has 24 heavy (non-hydrogen) atoms. The number of aromatic hydroxyl groups is 3. The zero-order valence-corrected chi connectivity index (χ0v) is 13.9. The summed E-state index contributed by atoms with van der Waals surface area (Å²) in [7, 11) is 0. The predicted molar refractivity (Wildman–Crippen MR) is 92.7 cm³/mol. The summed E-state index contributed by atoms with van der Waals surface area (Å²) in [5, 5.41) is 29.8. The van der Waals surface area contributed by atoms with Gasteiger partial charge in [-0.25, -0.2) is 0 Å². The lowest BCUT2D eigenvalue weighted by molar-refractivity contribution is 0.175. The minimum absolute atomic E-state index is 0.0786. The monoisotopic (exact) mass is 326 g/mol. The van der Waals surface area contributed by atoms with Crippen molar-refractivity contribution in [1.29, 1.82) is 0 Å². The average Bonchev–Trinajstić information content (AvgIpc) is 2.55. The fraction of sp³-hybridized carbons (Fsp3) is 0.300. The van der Waals surface area contributed by atoms with E-state index in [4.69, 9.17) is 4.74 Å². The fourth-order valence-electron chi connectivity index (χ4n) is 2.95. The molecule has 126 valence electrons. The number of aryl methyl sites for hydroxylation is 1. The van der Waals surface area contributed by atoms with Crippen LogP contribution in [0.5, 0.6) is 23.0 Å². The topological polar surface area (TPSA) is 69.9 Å². The normalized spacial score (nSPS) is 16.2. The number of hydrogen-bond acceptors (Lipinski definition) is 4. The van der Waals surface area contributed by atoms with Crippen molar-refractivity contribution in [2.45, 2.75) is 39.2 Å². The molecule has 0 unspecified atom stereocenters. The maximum Gasteiger partial charge on any atom is 0.161 e. The molecule has 0 fully saturated rings. The van der Waals surface area contributed by atoms with Crippen LogP contribution < -0.4 is 4.74 Å². The summed E-state index contributed by atoms with van der Waals surface area (Å²) < 4.78 is 6.01. The Balaban J connectivity index is 1.91. The van der Waals surface area contributed by atoms with Gasteiger partial charge in [0.25, 0.3) is 0 Å². The minimum Gasteiger partial charge on any atom is -0.508 e. The Morgan fingerprint density at radius 1 is 1.17 bits per heavy atom. The Bertz CT molecular complexity index is 788. The van der Waals surface area contributed by atoms with E-state index in [2.05, 4.69) is 0 Å². The van der Waals surface area contributed by atoms with E-state index in [1.165, 1.54) is 0 Å². The second-order valence-electron chi connectivity index (χ2n) is 6.47. The number of phenolic OH excluding ortho intramolecular Hbond substituents is 3. The van der Waals surface area contributed by atoms with Gasteiger partial charge in [-0.15, -0.1) is 0 Å². The van der Waals surface area contributed by atoms with Gasteiger partial charge in [-0.2, -0.15) is 0 Å². The molecule has 0 saturated heterocycles. The van der Waals surface area contributed by atoms with Gasteiger partial charge < -0.3 is 20.1 Å². The summed E-state index contributed by atoms with van der Waals surface area (Å²) in [6, 6.07) is 8.58. The van der Waals surface area contributed by atoms with Gasteiger partial charge >= 0.3 is 0 Å². The molecule has 0 radical (unpaired) electrons. The van der Waals surface area contributed by atoms with Gasteiger partial charge in [0.15, 0.2) is 11.5 Å². The molecule has 3 N–H and O–H groups in total. The van der Waals surface area contributed by atoms with E-state index < -0.39 is 0 Å². The number of benzene rings is 2. The van der Waals surface area contributed by atoms with Crippen molar-refractivity contribution in [3.63, 3.8) is 0 Å². The van der Waals surface area contributed by atoms with Gasteiger partial charge in [0.1, 0.15) is 17.6 Å². The summed E-state index contributed by atoms with van der Waals surface area (Å²) >= 11 is 0. The number of hydrogen-bond donors (Lipinski definition) is 3. The highest BCUT2D eigenvalue weighted by molar-refractivity contribution is 5.50. The Hall–Kier alpha value is -2.62. The minimum atomic E-state index is -0.212. The Morgan fingerprint density at radius 3 is 2.71 bits per heavy atom. The van der Waals surface area contributed by atoms with Crippen LogP contribution in [-0.4, -0.2) is 15.3 Å². The maximum atomic E-state index is 10.1. The van der Waals surface area contributed by atoms with Crippen molar-refractivity contribution in [2.75, 3.05) is 0 Å². The van der Waals surface area contributed by atoms with Crippen molar-refractivity contribution >= 4 is 0 Å². The quantitative estimate of drug-likeness (QED) is 0.578. The van der Waals surface area contributed by atoms with E-state index in [-0.39, 0.29) is 23.4 Å². The van der Waals surface area contributed by atoms with E-state index in [1.54, 1.807) is 18.2 Å². The van der Waals surface area contributed by atoms with E-state index in [0.717, 1.165) is 29.5 Å². The first-order chi connectivity index (χ1) is 11.4. The lowest BCUT2D eigenvalue weighted by Crippen LogP contribution is -2.15. The number of phenols is 3. The molecule has 0 bridgehead atoms. The van der Waals surface area contributed by atoms with Gasteiger partial charge in [0, 0.05) is 11.6 Å². The van der Waals surface area contributed by atoms with Crippen LogP contribution in [0.2, 0.25) is 0 Å². The molecule has 2 aromatic carbocycles. The number of ether oxygens (including phenoxy) is 1. The molecule has 1 aliphatic heterocycles. The zero-order valence-electron chi connectivity index (χ0n) is 13.9. The third kappa shape index (κ3) is 3.32. The van der Waals surface area contributed by atoms with Crippen LogP contribution >= 0.6 is 0 Å². The van der Waals surface area contributed by atoms with Crippen LogP contribution in [0.3, 0.4) is 0 Å². The second-order valence-corrected chi connectivity index (χ2v) is 6.47. The SMILES string of the molecule is CC(C)=CCc1cc([C@@H]2CCc3ccc(O)cc3O2)cc(O)c1O. The molecule has 3 rings (SSSR count). The number of rotatable bonds is 3. The fourth-order valence-corrected chi connectivity index (χ4v) is 2.95. The largest absolute Gasteiger partial charge is 0.508 e. The Morgan fingerprint density at radius 2 is 1.96 bits per heavy atom. The predicted octanol–water partition coefficient (Wildman–Crippen LogP) is 4.38. The lowest BCUT2D eigenvalue weighted by atomic mass is 9.95. The zero-order chi connectivity index (χ0) is 17.3. The first kappa shape index (κ1) is 16.2. The molecule has 0 aromatic heterocycles. The Kier molecular flexibility index (Phi) is 4.38. The van der Waals surface area contributed by atoms with Crippen molar-refractivity contribution in [1.82, 2.24) is 0 Å². The van der Waals surface area contributed by atoms with Crippen LogP contribution in [0.1, 0.15) is 43.1 Å². The molecule has 0 amide bonds. The Labute approximate surface area is 141 Å². The van der Waals surface area contributed by atoms with Gasteiger partial charge in [-0.05, 0) is 62.4 Å². The molecule has 1 atom stereocenters. The summed E-state index contributed by atoms with van der Waals surface area (Å²) in [6.45, 7) is 3.99. The molecule has 4 nitrogen and oxygen atoms in total. The third-order valence-electron chi connectivity index (χ3n) is 4.29. The maximum absolute atomic E-state index is 10.1. The third-order valence-corrected chi connectivity index (χ3v) is 4.29. The van der Waals surface area contributed by atoms with Gasteiger partial charge in [-0.1, -0.05) is 17.7 Å². The van der Waals surface area contributed by atoms with E-state index in [1.807, 2.05) is 32.1 Å². The van der Waals surface area contributed by atoms with Crippen molar-refractivity contribution in [3.05, 3.63) is 58.7 Å². The van der Waals surface area contributed by atoms with Crippen LogP contribution in [0, 0.1) is 0 Å². The molecular weight excluding hydrogens is 304 g/mol. The number of allylic oxidation sites excluding steroid dienone is 2. The molecule has 1 aliphatic rings. The summed E-state index contributed by atoms with van der Waals surface area (Å²) in [6.07, 6.45) is 3.97. The van der Waals surface area contributed by atoms with Crippen molar-refractivity contribution < 1.29 is 20.1 Å². The highest BCUT2D eigenvalue weighted by atomic mass is 16.5. The highest BCUT2D eigenvalue weighted by Crippen LogP contribution is 2.40. The molecule has 4 heteroatoms. The van der Waals surface area contributed by atoms with E-state index in [9.17, 15) is 15.3 Å². The molecule has 0 saturated carbocycles. The molecular formula is C20H22O4. The molecule has 0 aliphatic carbocycles. The van der Waals surface area contributed by atoms with Gasteiger partial charge in [0.05, 0.1) is 0 Å². The molecule has 2 aromatic rings. The highest BCUT2D eigenvalue weighted by Gasteiger charge is 2.23. The summed E-state index contributed by atoms with van der Waals surface area (Å²) in [4.78, 5) is 0. The van der Waals surface area contributed by atoms with Crippen LogP contribution in [-0.2, 0) is 12.8 Å². The first-order valence-electron chi connectivity index (χ1n) is 8.10. The van der Waals surface area contributed by atoms with Crippen LogP contribution in [0.4, 0.5) is 0 Å². The first-order valence-corrected chi connectivity index (χ1v) is 8.10. The van der Waals surface area contributed by atoms with E-state index >= 15 is 0 Å². The van der Waals surface area contributed by atoms with Crippen LogP contribution in [0.25, 0.3) is 0 Å². The second kappa shape index (κ2) is 6.48. The van der Waals surface area contributed by atoms with Crippen molar-refractivity contribution in [2.24, 2.45) is 0 Å². The van der Waals surface area contributed by atoms with Crippen molar-refractivity contribution in [3.8, 4) is 23.0 Å².